The third kappa shape index (κ3) is 5.61. The molecule has 1 saturated heterocycles. The third-order valence-corrected chi connectivity index (χ3v) is 5.76. The molecule has 1 fully saturated rings. The van der Waals surface area contributed by atoms with Crippen LogP contribution in [0.2, 0.25) is 0 Å². The van der Waals surface area contributed by atoms with E-state index in [-0.39, 0.29) is 18.2 Å². The molecule has 1 atom stereocenters. The summed E-state index contributed by atoms with van der Waals surface area (Å²) in [5.74, 6) is -0.468. The van der Waals surface area contributed by atoms with Crippen molar-refractivity contribution in [3.8, 4) is 16.9 Å². The Morgan fingerprint density at radius 2 is 1.85 bits per heavy atom. The highest BCUT2D eigenvalue weighted by Gasteiger charge is 2.45. The van der Waals surface area contributed by atoms with Crippen LogP contribution < -0.4 is 15.0 Å². The van der Waals surface area contributed by atoms with E-state index in [1.54, 1.807) is 40.9 Å². The smallest absolute Gasteiger partial charge is 0.408 e. The highest BCUT2D eigenvalue weighted by Crippen LogP contribution is 2.36. The molecule has 1 heterocycles. The summed E-state index contributed by atoms with van der Waals surface area (Å²) >= 11 is 0. The summed E-state index contributed by atoms with van der Waals surface area (Å²) < 4.78 is 25.0. The van der Waals surface area contributed by atoms with Crippen LogP contribution in [0.15, 0.2) is 42.5 Å². The number of nitrogens with one attached hydrogen (secondary N) is 1. The molecule has 184 valence electrons. The summed E-state index contributed by atoms with van der Waals surface area (Å²) in [5.41, 5.74) is 0.543. The predicted octanol–water partition coefficient (Wildman–Crippen LogP) is 4.45. The third-order valence-electron chi connectivity index (χ3n) is 5.76. The Morgan fingerprint density at radius 1 is 1.15 bits per heavy atom. The van der Waals surface area contributed by atoms with Crippen LogP contribution in [0.4, 0.5) is 14.9 Å². The van der Waals surface area contributed by atoms with E-state index in [4.69, 9.17) is 9.47 Å². The number of hydrogen-bond donors (Lipinski definition) is 1. The standard InChI is InChI=1S/C26H34FN3O4/c1-25(2,3)34-24(32)28-26(23(31)29(4)5)14-9-15-30(17-26)21-11-8-7-10-19(21)18-12-13-22(33-6)20(27)16-18/h7-8,10-13,16H,9,14-15,17H2,1-6H3,(H,28,32). The van der Waals surface area contributed by atoms with Gasteiger partial charge in [0.15, 0.2) is 11.6 Å². The quantitative estimate of drug-likeness (QED) is 0.698. The molecule has 1 aliphatic rings. The largest absolute Gasteiger partial charge is 0.494 e. The Hall–Kier alpha value is -3.29. The van der Waals surface area contributed by atoms with E-state index in [9.17, 15) is 14.0 Å². The zero-order chi connectivity index (χ0) is 25.1. The van der Waals surface area contributed by atoms with Crippen LogP contribution in [0.5, 0.6) is 5.75 Å². The second kappa shape index (κ2) is 9.91. The first-order valence-corrected chi connectivity index (χ1v) is 11.4. The summed E-state index contributed by atoms with van der Waals surface area (Å²) in [6.07, 6.45) is 0.537. The van der Waals surface area contributed by atoms with Gasteiger partial charge in [-0.2, -0.15) is 0 Å². The average Bonchev–Trinajstić information content (AvgIpc) is 2.77. The van der Waals surface area contributed by atoms with Crippen molar-refractivity contribution >= 4 is 17.7 Å². The molecule has 0 spiro atoms. The Balaban J connectivity index is 1.98. The lowest BCUT2D eigenvalue weighted by atomic mass is 9.86. The fourth-order valence-corrected chi connectivity index (χ4v) is 4.35. The lowest BCUT2D eigenvalue weighted by molar-refractivity contribution is -0.136. The Bertz CT molecular complexity index is 1050. The number of hydrogen-bond acceptors (Lipinski definition) is 5. The number of rotatable bonds is 5. The number of methoxy groups -OCH3 is 1. The number of nitrogens with zero attached hydrogens (tertiary/aromatic N) is 2. The van der Waals surface area contributed by atoms with E-state index in [1.807, 2.05) is 30.3 Å². The number of carbonyl (C=O) groups excluding carboxylic acids is 2. The van der Waals surface area contributed by atoms with Crippen LogP contribution in [-0.2, 0) is 9.53 Å². The van der Waals surface area contributed by atoms with E-state index in [2.05, 4.69) is 10.2 Å². The van der Waals surface area contributed by atoms with E-state index < -0.39 is 23.1 Å². The maximum atomic E-state index is 14.5. The van der Waals surface area contributed by atoms with Gasteiger partial charge in [0.1, 0.15) is 11.1 Å². The summed E-state index contributed by atoms with van der Waals surface area (Å²) in [6, 6.07) is 12.5. The lowest BCUT2D eigenvalue weighted by Gasteiger charge is -2.44. The van der Waals surface area contributed by atoms with Crippen LogP contribution >= 0.6 is 0 Å². The molecule has 7 nitrogen and oxygen atoms in total. The molecule has 0 aromatic heterocycles. The summed E-state index contributed by atoms with van der Waals surface area (Å²) in [7, 11) is 4.78. The van der Waals surface area contributed by atoms with Crippen LogP contribution in [-0.4, -0.2) is 62.3 Å². The Labute approximate surface area is 200 Å². The van der Waals surface area contributed by atoms with Crippen molar-refractivity contribution in [2.75, 3.05) is 39.2 Å². The van der Waals surface area contributed by atoms with Gasteiger partial charge in [0.2, 0.25) is 5.91 Å². The van der Waals surface area contributed by atoms with Crippen molar-refractivity contribution in [1.82, 2.24) is 10.2 Å². The van der Waals surface area contributed by atoms with E-state index in [0.29, 0.717) is 24.9 Å². The number of halogens is 1. The zero-order valence-corrected chi connectivity index (χ0v) is 20.8. The minimum atomic E-state index is -1.15. The van der Waals surface area contributed by atoms with Gasteiger partial charge in [-0.05, 0) is 57.4 Å². The molecule has 1 N–H and O–H groups in total. The first-order valence-electron chi connectivity index (χ1n) is 11.4. The number of amides is 2. The molecule has 0 bridgehead atoms. The fraction of sp³-hybridized carbons (Fsp3) is 0.462. The van der Waals surface area contributed by atoms with Gasteiger partial charge >= 0.3 is 6.09 Å². The molecule has 8 heteroatoms. The van der Waals surface area contributed by atoms with Crippen LogP contribution in [0.25, 0.3) is 11.1 Å². The van der Waals surface area contributed by atoms with Gasteiger partial charge in [-0.15, -0.1) is 0 Å². The number of likely N-dealkylation sites (N-methyl/N-ethyl adjacent to an activating group) is 1. The number of para-hydroxylation sites is 1. The van der Waals surface area contributed by atoms with Crippen LogP contribution in [0.3, 0.4) is 0 Å². The highest BCUT2D eigenvalue weighted by atomic mass is 19.1. The normalized spacial score (nSPS) is 18.3. The van der Waals surface area contributed by atoms with Gasteiger partial charge in [-0.1, -0.05) is 24.3 Å². The van der Waals surface area contributed by atoms with Crippen molar-refractivity contribution in [2.45, 2.75) is 44.8 Å². The van der Waals surface area contributed by atoms with Crippen molar-refractivity contribution in [3.63, 3.8) is 0 Å². The first-order chi connectivity index (χ1) is 16.0. The van der Waals surface area contributed by atoms with Gasteiger partial charge in [-0.25, -0.2) is 9.18 Å². The molecule has 0 radical (unpaired) electrons. The molecule has 34 heavy (non-hydrogen) atoms. The molecular weight excluding hydrogens is 437 g/mol. The molecule has 1 aliphatic heterocycles. The van der Waals surface area contributed by atoms with Gasteiger partial charge in [0.05, 0.1) is 13.7 Å². The molecular formula is C26H34FN3O4. The highest BCUT2D eigenvalue weighted by molar-refractivity contribution is 5.91. The van der Waals surface area contributed by atoms with Crippen LogP contribution in [0, 0.1) is 5.82 Å². The van der Waals surface area contributed by atoms with Gasteiger partial charge < -0.3 is 24.6 Å². The molecule has 1 unspecified atom stereocenters. The van der Waals surface area contributed by atoms with Crippen molar-refractivity contribution < 1.29 is 23.5 Å². The average molecular weight is 472 g/mol. The topological polar surface area (TPSA) is 71.1 Å². The zero-order valence-electron chi connectivity index (χ0n) is 20.8. The van der Waals surface area contributed by atoms with E-state index >= 15 is 0 Å². The summed E-state index contributed by atoms with van der Waals surface area (Å²) in [6.45, 7) is 6.30. The number of ether oxygens (including phenoxy) is 2. The lowest BCUT2D eigenvalue weighted by Crippen LogP contribution is -2.66. The number of benzene rings is 2. The molecule has 2 amide bonds. The molecule has 2 aromatic carbocycles. The SMILES string of the molecule is COc1ccc(-c2ccccc2N2CCCC(NC(=O)OC(C)(C)C)(C(=O)N(C)C)C2)cc1F. The van der Waals surface area contributed by atoms with Crippen molar-refractivity contribution in [2.24, 2.45) is 0 Å². The number of piperidine rings is 1. The van der Waals surface area contributed by atoms with Crippen LogP contribution in [0.1, 0.15) is 33.6 Å². The van der Waals surface area contributed by atoms with E-state index in [0.717, 1.165) is 11.3 Å². The maximum absolute atomic E-state index is 14.5. The van der Waals surface area contributed by atoms with Gasteiger partial charge in [-0.3, -0.25) is 4.79 Å². The summed E-state index contributed by atoms with van der Waals surface area (Å²) in [4.78, 5) is 29.6. The number of carbonyl (C=O) groups is 2. The molecule has 3 rings (SSSR count). The van der Waals surface area contributed by atoms with Gasteiger partial charge in [0.25, 0.3) is 0 Å². The monoisotopic (exact) mass is 471 g/mol. The van der Waals surface area contributed by atoms with Gasteiger partial charge in [0, 0.05) is 31.9 Å². The molecule has 2 aromatic rings. The predicted molar refractivity (Wildman–Crippen MR) is 131 cm³/mol. The minimum absolute atomic E-state index is 0.177. The first kappa shape index (κ1) is 25.3. The number of anilines is 1. The second-order valence-corrected chi connectivity index (χ2v) is 9.80. The Kier molecular flexibility index (Phi) is 7.38. The van der Waals surface area contributed by atoms with E-state index in [1.165, 1.54) is 18.1 Å². The Morgan fingerprint density at radius 3 is 2.47 bits per heavy atom. The number of alkyl carbamates (subject to hydrolysis) is 1. The minimum Gasteiger partial charge on any atom is -0.494 e. The van der Waals surface area contributed by atoms with Crippen molar-refractivity contribution in [3.05, 3.63) is 48.3 Å². The second-order valence-electron chi connectivity index (χ2n) is 9.80. The van der Waals surface area contributed by atoms with Crippen molar-refractivity contribution in [1.29, 1.82) is 0 Å². The molecule has 0 aliphatic carbocycles. The maximum Gasteiger partial charge on any atom is 0.408 e. The fourth-order valence-electron chi connectivity index (χ4n) is 4.35. The molecule has 0 saturated carbocycles. The summed E-state index contributed by atoms with van der Waals surface area (Å²) in [5, 5.41) is 2.88.